The molecule has 2 N–H and O–H groups in total. The van der Waals surface area contributed by atoms with Gasteiger partial charge in [0.15, 0.2) is 15.4 Å². The summed E-state index contributed by atoms with van der Waals surface area (Å²) in [6.45, 7) is 2.90. The van der Waals surface area contributed by atoms with Crippen LogP contribution < -0.4 is 5.32 Å². The summed E-state index contributed by atoms with van der Waals surface area (Å²) in [7, 11) is -3.98. The quantitative estimate of drug-likeness (QED) is 0.799. The Morgan fingerprint density at radius 3 is 2.50 bits per heavy atom. The molecular weight excluding hydrogens is 335 g/mol. The Morgan fingerprint density at radius 1 is 1.29 bits per heavy atom. The van der Waals surface area contributed by atoms with Crippen molar-refractivity contribution in [1.82, 2.24) is 4.98 Å². The molecule has 0 saturated heterocycles. The Kier molecular flexibility index (Phi) is 5.00. The molecule has 1 aromatic heterocycles. The zero-order valence-corrected chi connectivity index (χ0v) is 14.0. The van der Waals surface area contributed by atoms with Gasteiger partial charge in [0, 0.05) is 6.20 Å². The van der Waals surface area contributed by atoms with E-state index in [0.717, 1.165) is 36.8 Å². The number of carbonyl (C=O) groups is 1. The summed E-state index contributed by atoms with van der Waals surface area (Å²) in [5, 5.41) is 12.7. The van der Waals surface area contributed by atoms with Gasteiger partial charge in [0.25, 0.3) is 5.91 Å². The fourth-order valence-electron chi connectivity index (χ4n) is 2.02. The van der Waals surface area contributed by atoms with Gasteiger partial charge in [-0.15, -0.1) is 0 Å². The average molecular weight is 352 g/mol. The third kappa shape index (κ3) is 4.36. The molecule has 0 bridgehead atoms. The van der Waals surface area contributed by atoms with Crippen molar-refractivity contribution in [2.75, 3.05) is 11.1 Å². The average Bonchev–Trinajstić information content (AvgIpc) is 2.46. The van der Waals surface area contributed by atoms with E-state index < -0.39 is 32.9 Å². The van der Waals surface area contributed by atoms with E-state index >= 15 is 0 Å². The highest BCUT2D eigenvalue weighted by Crippen LogP contribution is 2.19. The van der Waals surface area contributed by atoms with Crippen molar-refractivity contribution in [3.63, 3.8) is 0 Å². The van der Waals surface area contributed by atoms with Crippen LogP contribution in [0.1, 0.15) is 12.5 Å². The molecule has 128 valence electrons. The van der Waals surface area contributed by atoms with Crippen molar-refractivity contribution >= 4 is 21.6 Å². The lowest BCUT2D eigenvalue weighted by molar-refractivity contribution is -0.130. The van der Waals surface area contributed by atoms with Crippen LogP contribution in [0, 0.1) is 12.7 Å². The molecule has 1 atom stereocenters. The van der Waals surface area contributed by atoms with E-state index in [1.54, 1.807) is 19.1 Å². The van der Waals surface area contributed by atoms with E-state index in [2.05, 4.69) is 10.3 Å². The predicted octanol–water partition coefficient (Wildman–Crippen LogP) is 1.69. The largest absolute Gasteiger partial charge is 0.379 e. The first-order chi connectivity index (χ1) is 11.1. The number of pyridine rings is 1. The molecule has 8 heteroatoms. The van der Waals surface area contributed by atoms with Gasteiger partial charge in [0.05, 0.1) is 10.6 Å². The van der Waals surface area contributed by atoms with E-state index in [-0.39, 0.29) is 10.7 Å². The number of anilines is 1. The van der Waals surface area contributed by atoms with Crippen LogP contribution in [0.25, 0.3) is 0 Å². The number of amides is 1. The molecule has 0 aliphatic rings. The molecule has 0 spiro atoms. The number of aliphatic hydroxyl groups is 1. The van der Waals surface area contributed by atoms with Gasteiger partial charge >= 0.3 is 0 Å². The second kappa shape index (κ2) is 6.66. The van der Waals surface area contributed by atoms with Crippen LogP contribution in [-0.4, -0.2) is 35.8 Å². The van der Waals surface area contributed by atoms with Gasteiger partial charge in [0.2, 0.25) is 0 Å². The molecule has 1 amide bonds. The predicted molar refractivity (Wildman–Crippen MR) is 86.7 cm³/mol. The van der Waals surface area contributed by atoms with Crippen LogP contribution in [0.15, 0.2) is 47.5 Å². The van der Waals surface area contributed by atoms with Crippen molar-refractivity contribution in [3.8, 4) is 0 Å². The zero-order chi connectivity index (χ0) is 18.0. The third-order valence-electron chi connectivity index (χ3n) is 3.29. The topological polar surface area (TPSA) is 96.4 Å². The second-order valence-electron chi connectivity index (χ2n) is 5.66. The number of rotatable bonds is 5. The second-order valence-corrected chi connectivity index (χ2v) is 7.65. The lowest BCUT2D eigenvalue weighted by Gasteiger charge is -2.22. The summed E-state index contributed by atoms with van der Waals surface area (Å²) in [4.78, 5) is 15.9. The van der Waals surface area contributed by atoms with Crippen molar-refractivity contribution in [2.24, 2.45) is 0 Å². The Morgan fingerprint density at radius 2 is 1.92 bits per heavy atom. The van der Waals surface area contributed by atoms with E-state index in [4.69, 9.17) is 0 Å². The van der Waals surface area contributed by atoms with Gasteiger partial charge in [-0.1, -0.05) is 0 Å². The molecule has 0 saturated carbocycles. The lowest BCUT2D eigenvalue weighted by atomic mass is 10.1. The minimum atomic E-state index is -3.98. The van der Waals surface area contributed by atoms with E-state index in [1.165, 1.54) is 6.20 Å². The normalized spacial score (nSPS) is 14.0. The van der Waals surface area contributed by atoms with Gasteiger partial charge in [0.1, 0.15) is 11.6 Å². The smallest absolute Gasteiger partial charge is 0.258 e. The maximum atomic E-state index is 12.9. The monoisotopic (exact) mass is 352 g/mol. The van der Waals surface area contributed by atoms with Gasteiger partial charge in [-0.2, -0.15) is 0 Å². The number of benzene rings is 1. The van der Waals surface area contributed by atoms with Crippen LogP contribution in [0.2, 0.25) is 0 Å². The molecule has 0 unspecified atom stereocenters. The number of nitrogens with one attached hydrogen (secondary N) is 1. The number of nitrogens with zero attached hydrogens (tertiary/aromatic N) is 1. The van der Waals surface area contributed by atoms with Gasteiger partial charge < -0.3 is 10.4 Å². The maximum absolute atomic E-state index is 12.9. The van der Waals surface area contributed by atoms with E-state index in [9.17, 15) is 22.7 Å². The summed E-state index contributed by atoms with van der Waals surface area (Å²) < 4.78 is 37.5. The number of halogens is 1. The fraction of sp³-hybridized carbons (Fsp3) is 0.250. The summed E-state index contributed by atoms with van der Waals surface area (Å²) in [6, 6.07) is 7.48. The third-order valence-corrected chi connectivity index (χ3v) is 5.22. The molecule has 0 radical (unpaired) electrons. The first-order valence-corrected chi connectivity index (χ1v) is 8.70. The number of aromatic nitrogens is 1. The summed E-state index contributed by atoms with van der Waals surface area (Å²) >= 11 is 0. The number of hydrogen-bond acceptors (Lipinski definition) is 5. The molecular formula is C16H17FN2O4S. The Balaban J connectivity index is 2.17. The van der Waals surface area contributed by atoms with Gasteiger partial charge in [-0.3, -0.25) is 4.79 Å². The highest BCUT2D eigenvalue weighted by molar-refractivity contribution is 7.91. The van der Waals surface area contributed by atoms with Crippen LogP contribution in [-0.2, 0) is 14.6 Å². The highest BCUT2D eigenvalue weighted by Gasteiger charge is 2.36. The van der Waals surface area contributed by atoms with Crippen molar-refractivity contribution in [2.45, 2.75) is 24.3 Å². The number of hydrogen-bond donors (Lipinski definition) is 2. The molecule has 0 fully saturated rings. The zero-order valence-electron chi connectivity index (χ0n) is 13.2. The number of aryl methyl sites for hydroxylation is 1. The fourth-order valence-corrected chi connectivity index (χ4v) is 3.60. The highest BCUT2D eigenvalue weighted by atomic mass is 32.2. The summed E-state index contributed by atoms with van der Waals surface area (Å²) in [6.07, 6.45) is 1.48. The Labute approximate surface area is 139 Å². The van der Waals surface area contributed by atoms with Crippen LogP contribution in [0.5, 0.6) is 0 Å². The minimum absolute atomic E-state index is 0.175. The van der Waals surface area contributed by atoms with Crippen molar-refractivity contribution in [3.05, 3.63) is 54.0 Å². The molecule has 24 heavy (non-hydrogen) atoms. The Hall–Kier alpha value is -2.32. The summed E-state index contributed by atoms with van der Waals surface area (Å²) in [5.74, 6) is -2.11. The van der Waals surface area contributed by atoms with Crippen LogP contribution >= 0.6 is 0 Å². The van der Waals surface area contributed by atoms with Gasteiger partial charge in [-0.25, -0.2) is 17.8 Å². The minimum Gasteiger partial charge on any atom is -0.379 e. The molecule has 6 nitrogen and oxygen atoms in total. The SMILES string of the molecule is Cc1ccnc(NC(=O)[C@@](C)(O)CS(=O)(=O)c2ccc(F)cc2)c1. The molecule has 2 aromatic rings. The van der Waals surface area contributed by atoms with Gasteiger partial charge in [-0.05, 0) is 55.8 Å². The van der Waals surface area contributed by atoms with Crippen molar-refractivity contribution in [1.29, 1.82) is 0 Å². The van der Waals surface area contributed by atoms with E-state index in [0.29, 0.717) is 0 Å². The molecule has 1 heterocycles. The van der Waals surface area contributed by atoms with E-state index in [1.807, 2.05) is 0 Å². The molecule has 0 aliphatic carbocycles. The standard InChI is InChI=1S/C16H17FN2O4S/c1-11-7-8-18-14(9-11)19-15(20)16(2,21)10-24(22,23)13-5-3-12(17)4-6-13/h3-9,21H,10H2,1-2H3,(H,18,19,20)/t16-/m0/s1. The summed E-state index contributed by atoms with van der Waals surface area (Å²) in [5.41, 5.74) is -1.34. The van der Waals surface area contributed by atoms with Crippen LogP contribution in [0.4, 0.5) is 10.2 Å². The first-order valence-electron chi connectivity index (χ1n) is 7.05. The van der Waals surface area contributed by atoms with Crippen LogP contribution in [0.3, 0.4) is 0 Å². The number of sulfone groups is 1. The molecule has 2 rings (SSSR count). The number of carbonyl (C=O) groups excluding carboxylic acids is 1. The first kappa shape index (κ1) is 18.0. The van der Waals surface area contributed by atoms with Crippen molar-refractivity contribution < 1.29 is 22.7 Å². The molecule has 0 aliphatic heterocycles. The molecule has 1 aromatic carbocycles. The Bertz CT molecular complexity index is 849. The maximum Gasteiger partial charge on any atom is 0.258 e. The lowest BCUT2D eigenvalue weighted by Crippen LogP contribution is -2.45.